The molecule has 52 valence electrons. The minimum atomic E-state index is -1.30. The zero-order chi connectivity index (χ0) is 7.40. The molecule has 0 aromatic carbocycles. The molecule has 0 spiro atoms. The van der Waals surface area contributed by atoms with Gasteiger partial charge in [-0.05, 0) is 0 Å². The molecular weight excluding hydrogens is 340 g/mol. The van der Waals surface area contributed by atoms with Crippen LogP contribution < -0.4 is 3.27 Å². The van der Waals surface area contributed by atoms with Crippen molar-refractivity contribution in [1.82, 2.24) is 0 Å². The SMILES string of the molecule is COCc1cc[c]([Hg][Cl])o1. The van der Waals surface area contributed by atoms with E-state index in [2.05, 4.69) is 0 Å². The number of halogens is 1. The van der Waals surface area contributed by atoms with Crippen molar-refractivity contribution in [2.75, 3.05) is 7.11 Å². The van der Waals surface area contributed by atoms with Gasteiger partial charge in [0.2, 0.25) is 0 Å². The summed E-state index contributed by atoms with van der Waals surface area (Å²) in [4.78, 5) is 0. The summed E-state index contributed by atoms with van der Waals surface area (Å²) >= 11 is -1.30. The average molecular weight is 347 g/mol. The van der Waals surface area contributed by atoms with Gasteiger partial charge in [-0.25, -0.2) is 0 Å². The van der Waals surface area contributed by atoms with Gasteiger partial charge in [0.1, 0.15) is 0 Å². The molecule has 0 saturated heterocycles. The van der Waals surface area contributed by atoms with E-state index in [1.165, 1.54) is 0 Å². The Morgan fingerprint density at radius 2 is 2.50 bits per heavy atom. The van der Waals surface area contributed by atoms with E-state index in [-0.39, 0.29) is 0 Å². The molecule has 0 saturated carbocycles. The van der Waals surface area contributed by atoms with Crippen LogP contribution in [0.4, 0.5) is 0 Å². The second-order valence-corrected chi connectivity index (χ2v) is 8.03. The number of rotatable bonds is 3. The van der Waals surface area contributed by atoms with E-state index in [0.717, 1.165) is 9.03 Å². The molecule has 0 aliphatic heterocycles. The first kappa shape index (κ1) is 8.56. The van der Waals surface area contributed by atoms with Crippen LogP contribution >= 0.6 is 8.25 Å². The van der Waals surface area contributed by atoms with Crippen LogP contribution in [0.15, 0.2) is 16.5 Å². The first-order valence-corrected chi connectivity index (χ1v) is 12.5. The molecule has 0 unspecified atom stereocenters. The molecule has 0 N–H and O–H groups in total. The van der Waals surface area contributed by atoms with Gasteiger partial charge in [-0.2, -0.15) is 0 Å². The number of methoxy groups -OCH3 is 1. The summed E-state index contributed by atoms with van der Waals surface area (Å²) in [6.07, 6.45) is 0. The number of ether oxygens (including phenoxy) is 1. The molecule has 1 rings (SSSR count). The van der Waals surface area contributed by atoms with E-state index in [4.69, 9.17) is 17.4 Å². The van der Waals surface area contributed by atoms with E-state index in [1.54, 1.807) is 7.11 Å². The van der Waals surface area contributed by atoms with Crippen molar-refractivity contribution in [2.45, 2.75) is 6.61 Å². The van der Waals surface area contributed by atoms with Gasteiger partial charge in [0.25, 0.3) is 0 Å². The van der Waals surface area contributed by atoms with Crippen molar-refractivity contribution in [3.63, 3.8) is 0 Å². The van der Waals surface area contributed by atoms with Crippen molar-refractivity contribution in [3.05, 3.63) is 17.9 Å². The summed E-state index contributed by atoms with van der Waals surface area (Å²) in [5.74, 6) is 0.873. The fourth-order valence-corrected chi connectivity index (χ4v) is 3.71. The third kappa shape index (κ3) is 2.25. The van der Waals surface area contributed by atoms with Crippen molar-refractivity contribution in [1.29, 1.82) is 0 Å². The molecule has 0 bridgehead atoms. The van der Waals surface area contributed by atoms with Gasteiger partial charge in [0, 0.05) is 0 Å². The van der Waals surface area contributed by atoms with Gasteiger partial charge in [0.15, 0.2) is 0 Å². The summed E-state index contributed by atoms with van der Waals surface area (Å²) in [5.41, 5.74) is 0. The second-order valence-electron chi connectivity index (χ2n) is 1.93. The Morgan fingerprint density at radius 3 is 3.00 bits per heavy atom. The Bertz CT molecular complexity index is 199. The fraction of sp³-hybridized carbons (Fsp3) is 0.333. The zero-order valence-electron chi connectivity index (χ0n) is 5.76. The Hall–Kier alpha value is 0.465. The predicted molar refractivity (Wildman–Crippen MR) is 34.9 cm³/mol. The van der Waals surface area contributed by atoms with Crippen molar-refractivity contribution in [2.24, 2.45) is 0 Å². The van der Waals surface area contributed by atoms with Gasteiger partial charge in [-0.1, -0.05) is 0 Å². The second kappa shape index (κ2) is 4.37. The van der Waals surface area contributed by atoms with Gasteiger partial charge >= 0.3 is 75.6 Å². The Labute approximate surface area is 75.4 Å². The normalized spacial score (nSPS) is 9.40. The summed E-state index contributed by atoms with van der Waals surface area (Å²) < 4.78 is 11.2. The summed E-state index contributed by atoms with van der Waals surface area (Å²) in [6.45, 7) is 0.546. The van der Waals surface area contributed by atoms with Gasteiger partial charge in [-0.3, -0.25) is 0 Å². The number of furan rings is 1. The topological polar surface area (TPSA) is 22.4 Å². The molecule has 10 heavy (non-hydrogen) atoms. The van der Waals surface area contributed by atoms with Crippen LogP contribution in [0.1, 0.15) is 5.76 Å². The van der Waals surface area contributed by atoms with E-state index in [0.29, 0.717) is 6.61 Å². The summed E-state index contributed by atoms with van der Waals surface area (Å²) in [6, 6.07) is 3.87. The molecule has 0 fully saturated rings. The van der Waals surface area contributed by atoms with E-state index < -0.39 is 23.3 Å². The van der Waals surface area contributed by atoms with Crippen LogP contribution in [-0.2, 0) is 34.7 Å². The van der Waals surface area contributed by atoms with Crippen LogP contribution in [0.3, 0.4) is 0 Å². The molecule has 0 aliphatic carbocycles. The third-order valence-corrected chi connectivity index (χ3v) is 5.95. The molecule has 0 radical (unpaired) electrons. The Balaban J connectivity index is 2.59. The molecule has 0 atom stereocenters. The van der Waals surface area contributed by atoms with Crippen molar-refractivity contribution < 1.29 is 32.5 Å². The van der Waals surface area contributed by atoms with Gasteiger partial charge in [0.05, 0.1) is 0 Å². The third-order valence-electron chi connectivity index (χ3n) is 1.14. The quantitative estimate of drug-likeness (QED) is 0.769. The fourth-order valence-electron chi connectivity index (χ4n) is 0.714. The standard InChI is InChI=1S/C6H7O2.ClH.Hg/c1-7-5-6-3-2-4-8-6;;/h2-3H,5H2,1H3;1H;/q;;+1/p-1. The van der Waals surface area contributed by atoms with Crippen LogP contribution in [0.2, 0.25) is 0 Å². The Morgan fingerprint density at radius 1 is 1.70 bits per heavy atom. The van der Waals surface area contributed by atoms with Crippen LogP contribution in [-0.4, -0.2) is 7.11 Å². The van der Waals surface area contributed by atoms with Crippen LogP contribution in [0, 0.1) is 0 Å². The molecular formula is C6H7ClHgO2. The van der Waals surface area contributed by atoms with E-state index >= 15 is 0 Å². The maximum absolute atomic E-state index is 5.73. The first-order chi connectivity index (χ1) is 4.86. The zero-order valence-corrected chi connectivity index (χ0v) is 12.0. The molecule has 4 heteroatoms. The van der Waals surface area contributed by atoms with Gasteiger partial charge < -0.3 is 0 Å². The van der Waals surface area contributed by atoms with Crippen LogP contribution in [0.25, 0.3) is 0 Å². The maximum atomic E-state index is 5.73. The van der Waals surface area contributed by atoms with Crippen LogP contribution in [0.5, 0.6) is 0 Å². The molecule has 2 nitrogen and oxygen atoms in total. The monoisotopic (exact) mass is 348 g/mol. The minimum absolute atomic E-state index is 0.546. The molecule has 0 amide bonds. The Kier molecular flexibility index (Phi) is 3.74. The predicted octanol–water partition coefficient (Wildman–Crippen LogP) is 1.29. The van der Waals surface area contributed by atoms with E-state index in [1.807, 2.05) is 12.1 Å². The van der Waals surface area contributed by atoms with Crippen molar-refractivity contribution >= 4 is 11.5 Å². The summed E-state index contributed by atoms with van der Waals surface area (Å²) in [7, 11) is 7.37. The molecule has 1 aromatic rings. The van der Waals surface area contributed by atoms with E-state index in [9.17, 15) is 0 Å². The van der Waals surface area contributed by atoms with Gasteiger partial charge in [-0.15, -0.1) is 0 Å². The average Bonchev–Trinajstić information content (AvgIpc) is 2.37. The van der Waals surface area contributed by atoms with Crippen molar-refractivity contribution in [3.8, 4) is 0 Å². The number of hydrogen-bond acceptors (Lipinski definition) is 2. The first-order valence-electron chi connectivity index (χ1n) is 2.99. The molecule has 1 heterocycles. The molecule has 0 aliphatic rings. The number of hydrogen-bond donors (Lipinski definition) is 0. The summed E-state index contributed by atoms with van der Waals surface area (Å²) in [5, 5.41) is 0. The molecule has 1 aromatic heterocycles.